The minimum absolute atomic E-state index is 0.0269. The summed E-state index contributed by atoms with van der Waals surface area (Å²) in [7, 11) is 0. The normalized spacial score (nSPS) is 12.4. The van der Waals surface area contributed by atoms with Crippen molar-refractivity contribution in [2.24, 2.45) is 5.73 Å². The van der Waals surface area contributed by atoms with Gasteiger partial charge in [-0.25, -0.2) is 4.98 Å². The smallest absolute Gasteiger partial charge is 0.322 e. The van der Waals surface area contributed by atoms with Gasteiger partial charge in [0.05, 0.1) is 12.9 Å². The molecule has 0 saturated carbocycles. The number of aliphatic carboxylic acids is 1. The van der Waals surface area contributed by atoms with Gasteiger partial charge in [0.25, 0.3) is 0 Å². The second-order valence-electron chi connectivity index (χ2n) is 6.65. The Morgan fingerprint density at radius 2 is 1.71 bits per heavy atom. The third-order valence-corrected chi connectivity index (χ3v) is 4.24. The number of aromatic amines is 1. The Morgan fingerprint density at radius 1 is 1.03 bits per heavy atom. The molecule has 3 amide bonds. The van der Waals surface area contributed by atoms with Crippen LogP contribution < -0.4 is 21.7 Å². The van der Waals surface area contributed by atoms with E-state index in [-0.39, 0.29) is 25.1 Å². The van der Waals surface area contributed by atoms with E-state index in [0.717, 1.165) is 0 Å². The van der Waals surface area contributed by atoms with E-state index in [4.69, 9.17) is 10.8 Å². The van der Waals surface area contributed by atoms with Crippen molar-refractivity contribution in [3.8, 4) is 5.75 Å². The minimum atomic E-state index is -1.24. The summed E-state index contributed by atoms with van der Waals surface area (Å²) in [6.07, 6.45) is 3.00. The Kier molecular flexibility index (Phi) is 8.52. The fraction of sp³-hybridized carbons (Fsp3) is 0.316. The Balaban J connectivity index is 2.17. The summed E-state index contributed by atoms with van der Waals surface area (Å²) in [6.45, 7) is -0.953. The highest BCUT2D eigenvalue weighted by atomic mass is 16.4. The fourth-order valence-electron chi connectivity index (χ4n) is 2.71. The van der Waals surface area contributed by atoms with E-state index in [2.05, 4.69) is 25.9 Å². The van der Waals surface area contributed by atoms with E-state index in [9.17, 15) is 24.3 Å². The number of H-pyrrole nitrogens is 1. The first-order valence-electron chi connectivity index (χ1n) is 9.33. The number of aromatic nitrogens is 2. The number of imidazole rings is 1. The lowest BCUT2D eigenvalue weighted by molar-refractivity contribution is -0.138. The largest absolute Gasteiger partial charge is 0.508 e. The van der Waals surface area contributed by atoms with Gasteiger partial charge in [-0.1, -0.05) is 12.1 Å². The Morgan fingerprint density at radius 3 is 2.29 bits per heavy atom. The Hall–Kier alpha value is -3.93. The molecule has 12 heteroatoms. The summed E-state index contributed by atoms with van der Waals surface area (Å²) in [6, 6.07) is 3.80. The van der Waals surface area contributed by atoms with Gasteiger partial charge in [-0.05, 0) is 17.7 Å². The van der Waals surface area contributed by atoms with Crippen molar-refractivity contribution >= 4 is 23.7 Å². The van der Waals surface area contributed by atoms with Gasteiger partial charge in [-0.15, -0.1) is 0 Å². The lowest BCUT2D eigenvalue weighted by Gasteiger charge is -2.23. The van der Waals surface area contributed by atoms with E-state index in [0.29, 0.717) is 11.3 Å². The maximum atomic E-state index is 12.9. The lowest BCUT2D eigenvalue weighted by Crippen LogP contribution is -2.56. The molecule has 0 aliphatic rings. The van der Waals surface area contributed by atoms with Gasteiger partial charge < -0.3 is 36.9 Å². The van der Waals surface area contributed by atoms with E-state index >= 15 is 0 Å². The molecule has 31 heavy (non-hydrogen) atoms. The number of aromatic hydroxyl groups is 1. The number of phenols is 1. The quantitative estimate of drug-likeness (QED) is 0.212. The predicted octanol–water partition coefficient (Wildman–Crippen LogP) is -1.97. The number of nitrogens with two attached hydrogens (primary N) is 1. The van der Waals surface area contributed by atoms with Crippen LogP contribution in [0.3, 0.4) is 0 Å². The molecule has 2 atom stereocenters. The number of carbonyl (C=O) groups is 4. The highest BCUT2D eigenvalue weighted by molar-refractivity contribution is 5.93. The molecular weight excluding hydrogens is 408 g/mol. The van der Waals surface area contributed by atoms with Crippen LogP contribution in [0.4, 0.5) is 0 Å². The van der Waals surface area contributed by atoms with Crippen LogP contribution >= 0.6 is 0 Å². The van der Waals surface area contributed by atoms with Gasteiger partial charge in [0, 0.05) is 24.7 Å². The standard InChI is InChI=1S/C19H24N6O6/c20-7-16(27)24-15(6-12-8-21-10-23-12)19(31)25-14(18(30)22-9-17(28)29)5-11-1-3-13(26)4-2-11/h1-4,8,10,14-15,26H,5-7,9,20H2,(H,21,23)(H,22,30)(H,24,27)(H,25,31)(H,28,29). The number of benzene rings is 1. The van der Waals surface area contributed by atoms with Gasteiger partial charge >= 0.3 is 5.97 Å². The Bertz CT molecular complexity index is 899. The highest BCUT2D eigenvalue weighted by Crippen LogP contribution is 2.12. The van der Waals surface area contributed by atoms with Crippen molar-refractivity contribution in [2.75, 3.05) is 13.1 Å². The lowest BCUT2D eigenvalue weighted by atomic mass is 10.0. The molecule has 0 aliphatic heterocycles. The van der Waals surface area contributed by atoms with Crippen molar-refractivity contribution in [2.45, 2.75) is 24.9 Å². The molecule has 2 aromatic rings. The average molecular weight is 432 g/mol. The van der Waals surface area contributed by atoms with Crippen molar-refractivity contribution in [1.29, 1.82) is 0 Å². The summed E-state index contributed by atoms with van der Waals surface area (Å²) >= 11 is 0. The third-order valence-electron chi connectivity index (χ3n) is 4.24. The zero-order valence-corrected chi connectivity index (χ0v) is 16.5. The van der Waals surface area contributed by atoms with E-state index < -0.39 is 42.3 Å². The molecule has 0 spiro atoms. The molecule has 0 radical (unpaired) electrons. The van der Waals surface area contributed by atoms with Gasteiger partial charge in [-0.3, -0.25) is 19.2 Å². The van der Waals surface area contributed by atoms with Crippen LogP contribution in [0.25, 0.3) is 0 Å². The van der Waals surface area contributed by atoms with Crippen molar-refractivity contribution < 1.29 is 29.4 Å². The van der Waals surface area contributed by atoms with Crippen LogP contribution in [0.1, 0.15) is 11.3 Å². The first kappa shape index (κ1) is 23.3. The number of phenolic OH excluding ortho intramolecular Hbond substituents is 1. The van der Waals surface area contributed by atoms with Gasteiger partial charge in [0.1, 0.15) is 24.4 Å². The zero-order valence-electron chi connectivity index (χ0n) is 16.5. The molecule has 0 aliphatic carbocycles. The van der Waals surface area contributed by atoms with E-state index in [1.807, 2.05) is 0 Å². The maximum absolute atomic E-state index is 12.9. The van der Waals surface area contributed by atoms with Crippen molar-refractivity contribution in [3.05, 3.63) is 48.0 Å². The van der Waals surface area contributed by atoms with E-state index in [1.54, 1.807) is 12.1 Å². The summed E-state index contributed by atoms with van der Waals surface area (Å²) in [4.78, 5) is 54.6. The number of rotatable bonds is 11. The molecule has 1 aromatic heterocycles. The maximum Gasteiger partial charge on any atom is 0.322 e. The highest BCUT2D eigenvalue weighted by Gasteiger charge is 2.27. The number of nitrogens with zero attached hydrogens (tertiary/aromatic N) is 1. The third kappa shape index (κ3) is 7.78. The van der Waals surface area contributed by atoms with E-state index in [1.165, 1.54) is 24.7 Å². The van der Waals surface area contributed by atoms with Crippen LogP contribution in [0.5, 0.6) is 5.75 Å². The molecule has 0 bridgehead atoms. The van der Waals surface area contributed by atoms with Crippen LogP contribution in [-0.4, -0.2) is 69.0 Å². The predicted molar refractivity (Wildman–Crippen MR) is 108 cm³/mol. The van der Waals surface area contributed by atoms with Crippen LogP contribution in [0.2, 0.25) is 0 Å². The van der Waals surface area contributed by atoms with Crippen LogP contribution in [-0.2, 0) is 32.0 Å². The SMILES string of the molecule is NCC(=O)NC(Cc1cnc[nH]1)C(=O)NC(Cc1ccc(O)cc1)C(=O)NCC(=O)O. The van der Waals surface area contributed by atoms with Gasteiger partial charge in [0.2, 0.25) is 17.7 Å². The monoisotopic (exact) mass is 432 g/mol. The second kappa shape index (κ2) is 11.3. The molecule has 1 aromatic carbocycles. The molecule has 1 heterocycles. The topological polar surface area (TPSA) is 200 Å². The number of carbonyl (C=O) groups excluding carboxylic acids is 3. The molecule has 166 valence electrons. The van der Waals surface area contributed by atoms with Crippen LogP contribution in [0, 0.1) is 0 Å². The van der Waals surface area contributed by atoms with Crippen molar-refractivity contribution in [1.82, 2.24) is 25.9 Å². The number of nitrogens with one attached hydrogen (secondary N) is 4. The molecule has 0 fully saturated rings. The second-order valence-corrected chi connectivity index (χ2v) is 6.65. The summed E-state index contributed by atoms with van der Waals surface area (Å²) in [5.74, 6) is -3.15. The number of carboxylic acid groups (broad SMARTS) is 1. The minimum Gasteiger partial charge on any atom is -0.508 e. The van der Waals surface area contributed by atoms with Gasteiger partial charge in [0.15, 0.2) is 0 Å². The molecular formula is C19H24N6O6. The molecule has 0 saturated heterocycles. The fourth-order valence-corrected chi connectivity index (χ4v) is 2.71. The zero-order chi connectivity index (χ0) is 22.8. The molecule has 8 N–H and O–H groups in total. The first-order chi connectivity index (χ1) is 14.8. The summed E-state index contributed by atoms with van der Waals surface area (Å²) < 4.78 is 0. The number of hydrogen-bond donors (Lipinski definition) is 7. The van der Waals surface area contributed by atoms with Crippen LogP contribution in [0.15, 0.2) is 36.8 Å². The number of carboxylic acids is 1. The van der Waals surface area contributed by atoms with Crippen molar-refractivity contribution in [3.63, 3.8) is 0 Å². The molecule has 2 rings (SSSR count). The number of amides is 3. The Labute approximate surface area is 177 Å². The summed E-state index contributed by atoms with van der Waals surface area (Å²) in [5.41, 5.74) is 6.51. The van der Waals surface area contributed by atoms with Gasteiger partial charge in [-0.2, -0.15) is 0 Å². The molecule has 12 nitrogen and oxygen atoms in total. The average Bonchev–Trinajstić information content (AvgIpc) is 3.25. The summed E-state index contributed by atoms with van der Waals surface area (Å²) in [5, 5.41) is 25.5. The number of hydrogen-bond acceptors (Lipinski definition) is 7. The molecule has 2 unspecified atom stereocenters. The first-order valence-corrected chi connectivity index (χ1v) is 9.33.